The topological polar surface area (TPSA) is 50.2 Å². The summed E-state index contributed by atoms with van der Waals surface area (Å²) in [5.74, 6) is -0.437. The van der Waals surface area contributed by atoms with E-state index in [4.69, 9.17) is 0 Å². The van der Waals surface area contributed by atoms with Gasteiger partial charge in [-0.3, -0.25) is 9.78 Å². The highest BCUT2D eigenvalue weighted by atomic mass is 79.9. The lowest BCUT2D eigenvalue weighted by Gasteiger charge is -2.29. The zero-order valence-corrected chi connectivity index (χ0v) is 17.8. The molecule has 3 nitrogen and oxygen atoms in total. The number of hydrogen-bond acceptors (Lipinski definition) is 3. The lowest BCUT2D eigenvalue weighted by molar-refractivity contribution is 0.0488. The molecule has 28 heavy (non-hydrogen) atoms. The number of rotatable bonds is 4. The standard InChI is InChI=1S/C23H15Br2NO2/c24-18-14-19(25)20(21-17(18)12-7-13-26-21)22(27)23(28,15-8-3-1-4-9-15)16-10-5-2-6-11-16/h1-14,28H. The normalized spacial score (nSPS) is 11.5. The number of halogens is 2. The summed E-state index contributed by atoms with van der Waals surface area (Å²) in [6, 6.07) is 23.5. The van der Waals surface area contributed by atoms with Crippen LogP contribution in [0.5, 0.6) is 0 Å². The molecule has 4 aromatic rings. The third-order valence-corrected chi connectivity index (χ3v) is 6.01. The fourth-order valence-corrected chi connectivity index (χ4v) is 4.81. The maximum atomic E-state index is 13.9. The first-order valence-corrected chi connectivity index (χ1v) is 10.2. The molecule has 0 aliphatic rings. The van der Waals surface area contributed by atoms with E-state index in [1.165, 1.54) is 0 Å². The van der Waals surface area contributed by atoms with Gasteiger partial charge in [-0.1, -0.05) is 82.7 Å². The van der Waals surface area contributed by atoms with Gasteiger partial charge in [-0.15, -0.1) is 0 Å². The number of nitrogens with zero attached hydrogens (tertiary/aromatic N) is 1. The number of aliphatic hydroxyl groups is 1. The van der Waals surface area contributed by atoms with Gasteiger partial charge >= 0.3 is 0 Å². The van der Waals surface area contributed by atoms with Gasteiger partial charge in [0.2, 0.25) is 5.78 Å². The van der Waals surface area contributed by atoms with Crippen molar-refractivity contribution >= 4 is 48.5 Å². The van der Waals surface area contributed by atoms with Crippen LogP contribution in [0.2, 0.25) is 0 Å². The highest BCUT2D eigenvalue weighted by Crippen LogP contribution is 2.39. The number of hydrogen-bond donors (Lipinski definition) is 1. The van der Waals surface area contributed by atoms with E-state index < -0.39 is 11.4 Å². The van der Waals surface area contributed by atoms with Gasteiger partial charge in [0.05, 0.1) is 11.1 Å². The van der Waals surface area contributed by atoms with E-state index in [2.05, 4.69) is 36.8 Å². The van der Waals surface area contributed by atoms with Crippen LogP contribution in [-0.4, -0.2) is 15.9 Å². The first-order chi connectivity index (χ1) is 13.5. The van der Waals surface area contributed by atoms with Gasteiger partial charge < -0.3 is 5.11 Å². The molecule has 0 saturated carbocycles. The molecule has 0 aliphatic heterocycles. The van der Waals surface area contributed by atoms with E-state index in [9.17, 15) is 9.90 Å². The molecule has 3 aromatic carbocycles. The highest BCUT2D eigenvalue weighted by molar-refractivity contribution is 9.11. The van der Waals surface area contributed by atoms with E-state index in [0.717, 1.165) is 9.86 Å². The molecule has 5 heteroatoms. The van der Waals surface area contributed by atoms with Crippen LogP contribution in [0.3, 0.4) is 0 Å². The van der Waals surface area contributed by atoms with Gasteiger partial charge in [0.25, 0.3) is 0 Å². The molecule has 0 atom stereocenters. The quantitative estimate of drug-likeness (QED) is 0.359. The molecule has 0 spiro atoms. The highest BCUT2D eigenvalue weighted by Gasteiger charge is 2.42. The Balaban J connectivity index is 2.02. The number of aromatic nitrogens is 1. The second kappa shape index (κ2) is 7.59. The molecule has 0 aliphatic carbocycles. The van der Waals surface area contributed by atoms with Crippen LogP contribution < -0.4 is 0 Å². The fourth-order valence-electron chi connectivity index (χ4n) is 3.36. The minimum absolute atomic E-state index is 0.342. The van der Waals surface area contributed by atoms with Crippen molar-refractivity contribution < 1.29 is 9.90 Å². The van der Waals surface area contributed by atoms with Crippen LogP contribution in [0, 0.1) is 0 Å². The van der Waals surface area contributed by atoms with Crippen LogP contribution in [0.15, 0.2) is 94.0 Å². The Hall–Kier alpha value is -2.34. The Morgan fingerprint density at radius 2 is 1.39 bits per heavy atom. The van der Waals surface area contributed by atoms with Gasteiger partial charge in [0, 0.05) is 20.5 Å². The van der Waals surface area contributed by atoms with E-state index in [1.54, 1.807) is 30.5 Å². The van der Waals surface area contributed by atoms with Crippen molar-refractivity contribution in [3.63, 3.8) is 0 Å². The predicted molar refractivity (Wildman–Crippen MR) is 117 cm³/mol. The SMILES string of the molecule is O=C(c1c(Br)cc(Br)c2cccnc12)C(O)(c1ccccc1)c1ccccc1. The summed E-state index contributed by atoms with van der Waals surface area (Å²) in [6.45, 7) is 0. The number of benzene rings is 3. The maximum absolute atomic E-state index is 13.9. The lowest BCUT2D eigenvalue weighted by Crippen LogP contribution is -2.37. The van der Waals surface area contributed by atoms with Crippen molar-refractivity contribution in [3.05, 3.63) is 111 Å². The first-order valence-electron chi connectivity index (χ1n) is 8.64. The molecule has 0 unspecified atom stereocenters. The molecular weight excluding hydrogens is 482 g/mol. The molecule has 0 amide bonds. The van der Waals surface area contributed by atoms with E-state index >= 15 is 0 Å². The van der Waals surface area contributed by atoms with Crippen molar-refractivity contribution in [1.82, 2.24) is 4.98 Å². The zero-order valence-electron chi connectivity index (χ0n) is 14.6. The third-order valence-electron chi connectivity index (χ3n) is 4.73. The second-order valence-corrected chi connectivity index (χ2v) is 8.10. The monoisotopic (exact) mass is 495 g/mol. The first kappa shape index (κ1) is 19.0. The Kier molecular flexibility index (Phi) is 5.15. The minimum atomic E-state index is -1.84. The van der Waals surface area contributed by atoms with E-state index in [0.29, 0.717) is 26.7 Å². The van der Waals surface area contributed by atoms with Crippen molar-refractivity contribution in [2.45, 2.75) is 5.60 Å². The number of fused-ring (bicyclic) bond motifs is 1. The smallest absolute Gasteiger partial charge is 0.206 e. The Bertz CT molecular complexity index is 1120. The van der Waals surface area contributed by atoms with Gasteiger partial charge in [-0.2, -0.15) is 0 Å². The number of pyridine rings is 1. The second-order valence-electron chi connectivity index (χ2n) is 6.39. The molecule has 0 radical (unpaired) electrons. The largest absolute Gasteiger partial charge is 0.373 e. The van der Waals surface area contributed by atoms with Gasteiger partial charge in [0.1, 0.15) is 0 Å². The van der Waals surface area contributed by atoms with E-state index in [-0.39, 0.29) is 0 Å². The van der Waals surface area contributed by atoms with Crippen molar-refractivity contribution in [2.24, 2.45) is 0 Å². The third kappa shape index (κ3) is 3.09. The lowest BCUT2D eigenvalue weighted by atomic mass is 9.80. The van der Waals surface area contributed by atoms with Crippen LogP contribution in [-0.2, 0) is 5.60 Å². The van der Waals surface area contributed by atoms with Crippen LogP contribution in [0.4, 0.5) is 0 Å². The average molecular weight is 497 g/mol. The zero-order chi connectivity index (χ0) is 19.7. The number of carbonyl (C=O) groups is 1. The Morgan fingerprint density at radius 3 is 1.96 bits per heavy atom. The Labute approximate surface area is 179 Å². The van der Waals surface area contributed by atoms with Crippen molar-refractivity contribution in [1.29, 1.82) is 0 Å². The molecule has 0 saturated heterocycles. The molecule has 1 heterocycles. The van der Waals surface area contributed by atoms with Gasteiger partial charge in [-0.25, -0.2) is 0 Å². The van der Waals surface area contributed by atoms with Crippen LogP contribution in [0.25, 0.3) is 10.9 Å². The molecular formula is C23H15Br2NO2. The average Bonchev–Trinajstić information content (AvgIpc) is 2.74. The summed E-state index contributed by atoms with van der Waals surface area (Å²) in [6.07, 6.45) is 1.64. The number of Topliss-reactive ketones (excluding diaryl/α,β-unsaturated/α-hetero) is 1. The van der Waals surface area contributed by atoms with Crippen molar-refractivity contribution in [2.75, 3.05) is 0 Å². The molecule has 0 bridgehead atoms. The summed E-state index contributed by atoms with van der Waals surface area (Å²) in [7, 11) is 0. The minimum Gasteiger partial charge on any atom is -0.373 e. The summed E-state index contributed by atoms with van der Waals surface area (Å²) < 4.78 is 1.39. The molecule has 4 rings (SSSR count). The van der Waals surface area contributed by atoms with Crippen LogP contribution in [0.1, 0.15) is 21.5 Å². The van der Waals surface area contributed by atoms with Crippen molar-refractivity contribution in [3.8, 4) is 0 Å². The van der Waals surface area contributed by atoms with Gasteiger partial charge in [-0.05, 0) is 39.2 Å². The summed E-state index contributed by atoms with van der Waals surface area (Å²) >= 11 is 7.03. The summed E-state index contributed by atoms with van der Waals surface area (Å²) in [5.41, 5.74) is 0.0341. The van der Waals surface area contributed by atoms with Gasteiger partial charge in [0.15, 0.2) is 5.60 Å². The molecule has 1 aromatic heterocycles. The summed E-state index contributed by atoms with van der Waals surface area (Å²) in [5, 5.41) is 12.6. The predicted octanol–water partition coefficient (Wildman–Crippen LogP) is 5.88. The molecule has 0 fully saturated rings. The van der Waals surface area contributed by atoms with Crippen LogP contribution >= 0.6 is 31.9 Å². The summed E-state index contributed by atoms with van der Waals surface area (Å²) in [4.78, 5) is 18.3. The maximum Gasteiger partial charge on any atom is 0.206 e. The number of carbonyl (C=O) groups excluding carboxylic acids is 1. The molecule has 138 valence electrons. The number of ketones is 1. The molecule has 1 N–H and O–H groups in total. The van der Waals surface area contributed by atoms with E-state index in [1.807, 2.05) is 54.6 Å². The Morgan fingerprint density at radius 1 is 0.821 bits per heavy atom. The fraction of sp³-hybridized carbons (Fsp3) is 0.0435.